The average molecular weight is 222 g/mol. The van der Waals surface area contributed by atoms with Crippen molar-refractivity contribution in [2.75, 3.05) is 0 Å². The second-order valence-corrected chi connectivity index (χ2v) is 6.40. The molecule has 0 saturated heterocycles. The molecule has 0 aliphatic heterocycles. The van der Waals surface area contributed by atoms with Gasteiger partial charge in [-0.2, -0.15) is 0 Å². The fraction of sp³-hybridized carbons (Fsp3) is 0.786. The number of allylic oxidation sites excluding steroid dienone is 1. The topological polar surface area (TPSA) is 37.3 Å². The van der Waals surface area contributed by atoms with Gasteiger partial charge in [0.1, 0.15) is 0 Å². The van der Waals surface area contributed by atoms with Gasteiger partial charge in [0.25, 0.3) is 0 Å². The van der Waals surface area contributed by atoms with E-state index >= 15 is 0 Å². The van der Waals surface area contributed by atoms with Gasteiger partial charge in [0.05, 0.1) is 0 Å². The summed E-state index contributed by atoms with van der Waals surface area (Å²) in [6.07, 6.45) is 4.29. The van der Waals surface area contributed by atoms with E-state index in [9.17, 15) is 9.90 Å². The van der Waals surface area contributed by atoms with Crippen LogP contribution in [0.3, 0.4) is 0 Å². The molecule has 0 heterocycles. The van der Waals surface area contributed by atoms with Gasteiger partial charge in [-0.3, -0.25) is 0 Å². The number of fused-ring (bicyclic) bond motifs is 1. The third-order valence-electron chi connectivity index (χ3n) is 5.07. The Labute approximate surface area is 97.7 Å². The molecule has 0 unspecified atom stereocenters. The number of carboxylic acids is 1. The van der Waals surface area contributed by atoms with Gasteiger partial charge in [0.2, 0.25) is 0 Å². The van der Waals surface area contributed by atoms with Crippen LogP contribution in [-0.2, 0) is 4.79 Å². The quantitative estimate of drug-likeness (QED) is 0.735. The number of hydrogen-bond acceptors (Lipinski definition) is 1. The van der Waals surface area contributed by atoms with E-state index in [1.165, 1.54) is 5.57 Å². The predicted molar refractivity (Wildman–Crippen MR) is 64.2 cm³/mol. The highest BCUT2D eigenvalue weighted by molar-refractivity contribution is 5.89. The van der Waals surface area contributed by atoms with Gasteiger partial charge in [0.15, 0.2) is 0 Å². The Bertz CT molecular complexity index is 365. The molecular weight excluding hydrogens is 200 g/mol. The molecule has 16 heavy (non-hydrogen) atoms. The first-order valence-corrected chi connectivity index (χ1v) is 6.26. The fourth-order valence-electron chi connectivity index (χ4n) is 3.59. The third-order valence-corrected chi connectivity index (χ3v) is 5.07. The first-order chi connectivity index (χ1) is 7.29. The molecule has 2 rings (SSSR count). The molecule has 0 aromatic carbocycles. The third kappa shape index (κ3) is 1.42. The van der Waals surface area contributed by atoms with Crippen molar-refractivity contribution in [3.05, 3.63) is 11.1 Å². The van der Waals surface area contributed by atoms with Gasteiger partial charge in [-0.15, -0.1) is 0 Å². The Kier molecular flexibility index (Phi) is 2.45. The molecule has 1 fully saturated rings. The van der Waals surface area contributed by atoms with E-state index in [1.54, 1.807) is 0 Å². The normalized spacial score (nSPS) is 37.4. The van der Waals surface area contributed by atoms with Crippen LogP contribution in [0.5, 0.6) is 0 Å². The molecule has 2 nitrogen and oxygen atoms in total. The van der Waals surface area contributed by atoms with Crippen molar-refractivity contribution in [2.24, 2.45) is 16.7 Å². The van der Waals surface area contributed by atoms with Gasteiger partial charge >= 0.3 is 5.97 Å². The van der Waals surface area contributed by atoms with Crippen molar-refractivity contribution in [1.82, 2.24) is 0 Å². The maximum atomic E-state index is 11.5. The summed E-state index contributed by atoms with van der Waals surface area (Å²) in [5, 5.41) is 9.46. The molecule has 0 amide bonds. The van der Waals surface area contributed by atoms with E-state index < -0.39 is 5.97 Å². The number of carboxylic acid groups (broad SMARTS) is 1. The first-order valence-electron chi connectivity index (χ1n) is 6.26. The molecule has 2 atom stereocenters. The van der Waals surface area contributed by atoms with Gasteiger partial charge in [-0.25, -0.2) is 4.79 Å². The lowest BCUT2D eigenvalue weighted by atomic mass is 9.61. The highest BCUT2D eigenvalue weighted by Gasteiger charge is 2.49. The molecule has 0 bridgehead atoms. The standard InChI is InChI=1S/C14H22O2/c1-9-5-6-10-11(12(15)16)13(2,3)7-8-14(9,10)4/h9H,5-8H2,1-4H3,(H,15,16)/t9-,14+/m0/s1. The molecule has 2 aliphatic carbocycles. The summed E-state index contributed by atoms with van der Waals surface area (Å²) in [7, 11) is 0. The number of rotatable bonds is 1. The molecule has 2 heteroatoms. The predicted octanol–water partition coefficient (Wildman–Crippen LogP) is 3.62. The van der Waals surface area contributed by atoms with Crippen LogP contribution >= 0.6 is 0 Å². The van der Waals surface area contributed by atoms with Crippen molar-refractivity contribution in [3.8, 4) is 0 Å². The summed E-state index contributed by atoms with van der Waals surface area (Å²) in [4.78, 5) is 11.5. The van der Waals surface area contributed by atoms with Crippen LogP contribution < -0.4 is 0 Å². The molecule has 0 radical (unpaired) electrons. The van der Waals surface area contributed by atoms with E-state index in [0.29, 0.717) is 11.5 Å². The highest BCUT2D eigenvalue weighted by Crippen LogP contribution is 2.58. The lowest BCUT2D eigenvalue weighted by Gasteiger charge is -2.43. The molecule has 90 valence electrons. The summed E-state index contributed by atoms with van der Waals surface area (Å²) < 4.78 is 0. The van der Waals surface area contributed by atoms with E-state index in [0.717, 1.165) is 25.7 Å². The van der Waals surface area contributed by atoms with E-state index in [2.05, 4.69) is 27.7 Å². The summed E-state index contributed by atoms with van der Waals surface area (Å²) in [6, 6.07) is 0. The van der Waals surface area contributed by atoms with Crippen molar-refractivity contribution >= 4 is 5.97 Å². The van der Waals surface area contributed by atoms with Crippen molar-refractivity contribution in [3.63, 3.8) is 0 Å². The number of carbonyl (C=O) groups is 1. The van der Waals surface area contributed by atoms with Gasteiger partial charge in [-0.1, -0.05) is 33.3 Å². The highest BCUT2D eigenvalue weighted by atomic mass is 16.4. The van der Waals surface area contributed by atoms with Crippen LogP contribution in [0.15, 0.2) is 11.1 Å². The largest absolute Gasteiger partial charge is 0.478 e. The van der Waals surface area contributed by atoms with Crippen LogP contribution in [0, 0.1) is 16.7 Å². The zero-order chi connectivity index (χ0) is 12.1. The minimum absolute atomic E-state index is 0.148. The second kappa shape index (κ2) is 3.35. The Balaban J connectivity index is 2.59. The van der Waals surface area contributed by atoms with E-state index in [-0.39, 0.29) is 10.8 Å². The zero-order valence-corrected chi connectivity index (χ0v) is 10.8. The molecule has 1 saturated carbocycles. The van der Waals surface area contributed by atoms with Crippen molar-refractivity contribution < 1.29 is 9.90 Å². The summed E-state index contributed by atoms with van der Waals surface area (Å²) in [6.45, 7) is 8.68. The smallest absolute Gasteiger partial charge is 0.332 e. The zero-order valence-electron chi connectivity index (χ0n) is 10.8. The summed E-state index contributed by atoms with van der Waals surface area (Å²) in [5.41, 5.74) is 1.96. The SMILES string of the molecule is C[C@H]1CCC2=C(C(=O)O)C(C)(C)CC[C@@]21C. The maximum Gasteiger partial charge on any atom is 0.332 e. The van der Waals surface area contributed by atoms with Crippen LogP contribution in [0.1, 0.15) is 53.4 Å². The number of aliphatic carboxylic acids is 1. The van der Waals surface area contributed by atoms with Crippen molar-refractivity contribution in [1.29, 1.82) is 0 Å². The van der Waals surface area contributed by atoms with Crippen LogP contribution in [0.2, 0.25) is 0 Å². The minimum atomic E-state index is -0.694. The molecular formula is C14H22O2. The van der Waals surface area contributed by atoms with Crippen LogP contribution in [-0.4, -0.2) is 11.1 Å². The Morgan fingerprint density at radius 3 is 2.50 bits per heavy atom. The van der Waals surface area contributed by atoms with E-state index in [4.69, 9.17) is 0 Å². The summed E-state index contributed by atoms with van der Waals surface area (Å²) in [5.74, 6) is -0.0621. The summed E-state index contributed by atoms with van der Waals surface area (Å²) >= 11 is 0. The Hall–Kier alpha value is -0.790. The lowest BCUT2D eigenvalue weighted by molar-refractivity contribution is -0.134. The Morgan fingerprint density at radius 1 is 1.31 bits per heavy atom. The molecule has 1 N–H and O–H groups in total. The molecule has 0 spiro atoms. The first kappa shape index (κ1) is 11.7. The van der Waals surface area contributed by atoms with Crippen molar-refractivity contribution in [2.45, 2.75) is 53.4 Å². The molecule has 0 aromatic rings. The number of hydrogen-bond donors (Lipinski definition) is 1. The van der Waals surface area contributed by atoms with Crippen LogP contribution in [0.25, 0.3) is 0 Å². The minimum Gasteiger partial charge on any atom is -0.478 e. The Morgan fingerprint density at radius 2 is 1.94 bits per heavy atom. The molecule has 2 aliphatic rings. The average Bonchev–Trinajstić information content (AvgIpc) is 2.44. The lowest BCUT2D eigenvalue weighted by Crippen LogP contribution is -2.35. The maximum absolute atomic E-state index is 11.5. The molecule has 0 aromatic heterocycles. The fourth-order valence-corrected chi connectivity index (χ4v) is 3.59. The second-order valence-electron chi connectivity index (χ2n) is 6.40. The monoisotopic (exact) mass is 222 g/mol. The van der Waals surface area contributed by atoms with Gasteiger partial charge < -0.3 is 5.11 Å². The van der Waals surface area contributed by atoms with Crippen LogP contribution in [0.4, 0.5) is 0 Å². The van der Waals surface area contributed by atoms with Gasteiger partial charge in [0, 0.05) is 5.57 Å². The van der Waals surface area contributed by atoms with Gasteiger partial charge in [-0.05, 0) is 42.4 Å². The van der Waals surface area contributed by atoms with E-state index in [1.807, 2.05) is 0 Å².